The average Bonchev–Trinajstić information content (AvgIpc) is 3.14. The third kappa shape index (κ3) is 5.11. The van der Waals surface area contributed by atoms with Gasteiger partial charge in [-0.3, -0.25) is 4.79 Å². The molecule has 0 atom stereocenters. The Morgan fingerprint density at radius 1 is 1.15 bits per heavy atom. The molecule has 0 bridgehead atoms. The maximum Gasteiger partial charge on any atom is 0.262 e. The van der Waals surface area contributed by atoms with E-state index in [2.05, 4.69) is 10.3 Å². The predicted octanol–water partition coefficient (Wildman–Crippen LogP) is 3.27. The minimum atomic E-state index is -3.51. The highest BCUT2D eigenvalue weighted by Crippen LogP contribution is 2.20. The van der Waals surface area contributed by atoms with Crippen molar-refractivity contribution >= 4 is 32.8 Å². The van der Waals surface area contributed by atoms with E-state index in [0.29, 0.717) is 10.7 Å². The molecule has 0 spiro atoms. The molecule has 1 heterocycles. The first kappa shape index (κ1) is 19.0. The van der Waals surface area contributed by atoms with Gasteiger partial charge in [-0.05, 0) is 36.4 Å². The number of aromatic nitrogens is 1. The molecule has 3 rings (SSSR count). The van der Waals surface area contributed by atoms with Crippen molar-refractivity contribution in [1.29, 1.82) is 0 Å². The molecular weight excluding hydrogens is 391 g/mol. The second-order valence-corrected chi connectivity index (χ2v) is 8.45. The molecule has 0 fully saturated rings. The number of amides is 1. The highest BCUT2D eigenvalue weighted by Gasteiger charge is 2.17. The number of anilines is 1. The van der Waals surface area contributed by atoms with Gasteiger partial charge in [0.15, 0.2) is 28.0 Å². The van der Waals surface area contributed by atoms with Gasteiger partial charge in [-0.25, -0.2) is 17.8 Å². The monoisotopic (exact) mass is 406 g/mol. The lowest BCUT2D eigenvalue weighted by Gasteiger charge is -2.09. The van der Waals surface area contributed by atoms with E-state index in [0.717, 1.165) is 0 Å². The fourth-order valence-electron chi connectivity index (χ4n) is 2.22. The number of thiazole rings is 1. The molecule has 0 radical (unpaired) electrons. The van der Waals surface area contributed by atoms with Crippen molar-refractivity contribution in [2.45, 2.75) is 10.6 Å². The van der Waals surface area contributed by atoms with Crippen molar-refractivity contribution in [3.05, 3.63) is 70.9 Å². The molecule has 0 saturated heterocycles. The number of carbonyl (C=O) groups is 1. The molecule has 1 aromatic heterocycles. The fourth-order valence-corrected chi connectivity index (χ4v) is 4.47. The van der Waals surface area contributed by atoms with Crippen molar-refractivity contribution < 1.29 is 22.3 Å². The first-order chi connectivity index (χ1) is 12.9. The minimum absolute atomic E-state index is 0.0173. The van der Waals surface area contributed by atoms with Gasteiger partial charge in [-0.2, -0.15) is 0 Å². The van der Waals surface area contributed by atoms with Gasteiger partial charge in [0, 0.05) is 17.3 Å². The van der Waals surface area contributed by atoms with Gasteiger partial charge in [-0.1, -0.05) is 12.1 Å². The zero-order chi connectivity index (χ0) is 19.3. The van der Waals surface area contributed by atoms with E-state index in [1.807, 2.05) is 0 Å². The van der Waals surface area contributed by atoms with E-state index < -0.39 is 21.6 Å². The summed E-state index contributed by atoms with van der Waals surface area (Å²) in [5.41, 5.74) is 0.408. The Bertz CT molecular complexity index is 1020. The summed E-state index contributed by atoms with van der Waals surface area (Å²) in [4.78, 5) is 16.0. The third-order valence-electron chi connectivity index (χ3n) is 3.49. The Labute approximate surface area is 159 Å². The summed E-state index contributed by atoms with van der Waals surface area (Å²) in [6.45, 7) is -0.370. The number of halogens is 1. The topological polar surface area (TPSA) is 85.4 Å². The van der Waals surface area contributed by atoms with Gasteiger partial charge in [0.05, 0.1) is 4.90 Å². The number of nitrogens with zero attached hydrogens (tertiary/aromatic N) is 1. The third-order valence-corrected chi connectivity index (χ3v) is 6.10. The Morgan fingerprint density at radius 3 is 2.56 bits per heavy atom. The van der Waals surface area contributed by atoms with Crippen LogP contribution in [0.5, 0.6) is 5.75 Å². The van der Waals surface area contributed by atoms with Gasteiger partial charge in [0.2, 0.25) is 0 Å². The molecule has 140 valence electrons. The van der Waals surface area contributed by atoms with Crippen molar-refractivity contribution in [3.63, 3.8) is 0 Å². The van der Waals surface area contributed by atoms with Crippen molar-refractivity contribution in [2.24, 2.45) is 0 Å². The number of benzene rings is 2. The van der Waals surface area contributed by atoms with E-state index in [-0.39, 0.29) is 23.0 Å². The first-order valence-electron chi connectivity index (χ1n) is 7.82. The Balaban J connectivity index is 1.58. The van der Waals surface area contributed by atoms with Gasteiger partial charge in [0.1, 0.15) is 10.8 Å². The normalized spacial score (nSPS) is 11.1. The van der Waals surface area contributed by atoms with Crippen LogP contribution in [0.25, 0.3) is 0 Å². The molecule has 1 N–H and O–H groups in total. The second-order valence-electron chi connectivity index (χ2n) is 5.48. The van der Waals surface area contributed by atoms with Gasteiger partial charge in [-0.15, -0.1) is 11.3 Å². The summed E-state index contributed by atoms with van der Waals surface area (Å²) < 4.78 is 43.3. The van der Waals surface area contributed by atoms with Crippen LogP contribution < -0.4 is 10.1 Å². The SMILES string of the molecule is O=C(COc1ccccc1F)Nc1ccc(S(=O)(=O)Cc2nccs2)cc1. The van der Waals surface area contributed by atoms with Crippen LogP contribution in [-0.4, -0.2) is 25.9 Å². The lowest BCUT2D eigenvalue weighted by atomic mass is 10.3. The number of hydrogen-bond acceptors (Lipinski definition) is 6. The van der Waals surface area contributed by atoms with Crippen LogP contribution in [0.3, 0.4) is 0 Å². The molecule has 2 aromatic carbocycles. The maximum absolute atomic E-state index is 13.4. The molecule has 0 aliphatic heterocycles. The number of hydrogen-bond donors (Lipinski definition) is 1. The number of rotatable bonds is 7. The summed E-state index contributed by atoms with van der Waals surface area (Å²) in [6, 6.07) is 11.6. The van der Waals surface area contributed by atoms with E-state index >= 15 is 0 Å². The molecular formula is C18H15FN2O4S2. The van der Waals surface area contributed by atoms with E-state index in [1.165, 1.54) is 53.8 Å². The summed E-state index contributed by atoms with van der Waals surface area (Å²) in [5.74, 6) is -1.24. The quantitative estimate of drug-likeness (QED) is 0.651. The number of sulfone groups is 1. The molecule has 0 saturated carbocycles. The Kier molecular flexibility index (Phi) is 5.82. The average molecular weight is 406 g/mol. The Morgan fingerprint density at radius 2 is 1.89 bits per heavy atom. The number of carbonyl (C=O) groups excluding carboxylic acids is 1. The zero-order valence-corrected chi connectivity index (χ0v) is 15.6. The van der Waals surface area contributed by atoms with E-state index in [9.17, 15) is 17.6 Å². The molecule has 0 aliphatic carbocycles. The highest BCUT2D eigenvalue weighted by molar-refractivity contribution is 7.90. The maximum atomic E-state index is 13.4. The zero-order valence-electron chi connectivity index (χ0n) is 14.0. The molecule has 6 nitrogen and oxygen atoms in total. The van der Waals surface area contributed by atoms with Crippen LogP contribution >= 0.6 is 11.3 Å². The van der Waals surface area contributed by atoms with Crippen LogP contribution in [0.15, 0.2) is 65.0 Å². The fraction of sp³-hybridized carbons (Fsp3) is 0.111. The summed E-state index contributed by atoms with van der Waals surface area (Å²) in [6.07, 6.45) is 1.55. The van der Waals surface area contributed by atoms with Crippen LogP contribution in [0, 0.1) is 5.82 Å². The molecule has 1 amide bonds. The molecule has 9 heteroatoms. The minimum Gasteiger partial charge on any atom is -0.481 e. The lowest BCUT2D eigenvalue weighted by molar-refractivity contribution is -0.118. The number of nitrogens with one attached hydrogen (secondary N) is 1. The van der Waals surface area contributed by atoms with Gasteiger partial charge >= 0.3 is 0 Å². The van der Waals surface area contributed by atoms with Crippen LogP contribution in [0.1, 0.15) is 5.01 Å². The van der Waals surface area contributed by atoms with Gasteiger partial charge in [0.25, 0.3) is 5.91 Å². The van der Waals surface area contributed by atoms with Crippen molar-refractivity contribution in [2.75, 3.05) is 11.9 Å². The number of ether oxygens (including phenoxy) is 1. The summed E-state index contributed by atoms with van der Waals surface area (Å²) >= 11 is 1.27. The first-order valence-corrected chi connectivity index (χ1v) is 10.4. The van der Waals surface area contributed by atoms with Crippen LogP contribution in [-0.2, 0) is 20.4 Å². The molecule has 0 aliphatic rings. The molecule has 27 heavy (non-hydrogen) atoms. The van der Waals surface area contributed by atoms with Gasteiger partial charge < -0.3 is 10.1 Å². The Hall–Kier alpha value is -2.78. The number of para-hydroxylation sites is 1. The van der Waals surface area contributed by atoms with E-state index in [1.54, 1.807) is 17.6 Å². The second kappa shape index (κ2) is 8.28. The van der Waals surface area contributed by atoms with Crippen molar-refractivity contribution in [1.82, 2.24) is 4.98 Å². The smallest absolute Gasteiger partial charge is 0.262 e. The summed E-state index contributed by atoms with van der Waals surface area (Å²) in [5, 5.41) is 4.79. The van der Waals surface area contributed by atoms with Crippen LogP contribution in [0.4, 0.5) is 10.1 Å². The van der Waals surface area contributed by atoms with Crippen molar-refractivity contribution in [3.8, 4) is 5.75 Å². The predicted molar refractivity (Wildman–Crippen MR) is 100.0 cm³/mol. The molecule has 3 aromatic rings. The standard InChI is InChI=1S/C18H15FN2O4S2/c19-15-3-1-2-4-16(15)25-11-17(22)21-13-5-7-14(8-6-13)27(23,24)12-18-20-9-10-26-18/h1-10H,11-12H2,(H,21,22). The lowest BCUT2D eigenvalue weighted by Crippen LogP contribution is -2.20. The molecule has 0 unspecified atom stereocenters. The largest absolute Gasteiger partial charge is 0.481 e. The highest BCUT2D eigenvalue weighted by atomic mass is 32.2. The van der Waals surface area contributed by atoms with Crippen LogP contribution in [0.2, 0.25) is 0 Å². The summed E-state index contributed by atoms with van der Waals surface area (Å²) in [7, 11) is -3.51. The van der Waals surface area contributed by atoms with E-state index in [4.69, 9.17) is 4.74 Å².